The van der Waals surface area contributed by atoms with Gasteiger partial charge in [0, 0.05) is 12.2 Å². The summed E-state index contributed by atoms with van der Waals surface area (Å²) < 4.78 is -0.570. The fraction of sp³-hybridized carbons (Fsp3) is 0.778. The van der Waals surface area contributed by atoms with Gasteiger partial charge in [-0.25, -0.2) is 0 Å². The van der Waals surface area contributed by atoms with Crippen LogP contribution in [0.2, 0.25) is 0 Å². The Balaban J connectivity index is 3.87. The van der Waals surface area contributed by atoms with Crippen LogP contribution in [0, 0.1) is 11.3 Å². The van der Waals surface area contributed by atoms with Crippen molar-refractivity contribution in [2.45, 2.75) is 30.9 Å². The van der Waals surface area contributed by atoms with E-state index in [-0.39, 0.29) is 6.42 Å². The molecule has 0 aliphatic carbocycles. The van der Waals surface area contributed by atoms with Gasteiger partial charge in [0.2, 0.25) is 0 Å². The second-order valence-electron chi connectivity index (χ2n) is 3.27. The number of rotatable bonds is 8. The van der Waals surface area contributed by atoms with Crippen molar-refractivity contribution in [1.82, 2.24) is 0 Å². The molecule has 0 saturated heterocycles. The van der Waals surface area contributed by atoms with Crippen LogP contribution >= 0.6 is 34.2 Å². The lowest BCUT2D eigenvalue weighted by atomic mass is 10.1. The maximum atomic E-state index is 10.4. The van der Waals surface area contributed by atoms with Gasteiger partial charge in [-0.15, -0.1) is 23.4 Å². The van der Waals surface area contributed by atoms with Crippen molar-refractivity contribution in [2.75, 3.05) is 11.5 Å². The number of hydrogen-bond acceptors (Lipinski definition) is 5. The number of thiol groups is 1. The summed E-state index contributed by atoms with van der Waals surface area (Å²) in [6.45, 7) is 1.80. The van der Waals surface area contributed by atoms with Gasteiger partial charge in [0.25, 0.3) is 0 Å². The maximum Gasteiger partial charge on any atom is 0.303 e. The van der Waals surface area contributed by atoms with Crippen molar-refractivity contribution in [1.29, 1.82) is 5.26 Å². The Labute approximate surface area is 104 Å². The van der Waals surface area contributed by atoms with Crippen LogP contribution in [0.15, 0.2) is 0 Å². The van der Waals surface area contributed by atoms with Gasteiger partial charge in [0.05, 0.1) is 6.07 Å². The van der Waals surface area contributed by atoms with E-state index >= 15 is 0 Å². The van der Waals surface area contributed by atoms with E-state index in [1.165, 1.54) is 22.6 Å². The molecule has 0 aromatic heterocycles. The van der Waals surface area contributed by atoms with Crippen LogP contribution in [-0.2, 0) is 4.79 Å². The van der Waals surface area contributed by atoms with Crippen molar-refractivity contribution < 1.29 is 9.90 Å². The van der Waals surface area contributed by atoms with Crippen molar-refractivity contribution in [2.24, 2.45) is 0 Å². The highest BCUT2D eigenvalue weighted by Crippen LogP contribution is 2.30. The van der Waals surface area contributed by atoms with E-state index in [1.807, 2.05) is 0 Å². The number of nitrogens with zero attached hydrogens (tertiary/aromatic N) is 1. The molecule has 0 heterocycles. The summed E-state index contributed by atoms with van der Waals surface area (Å²) in [5, 5.41) is 17.5. The molecular weight excluding hydrogens is 250 g/mol. The minimum atomic E-state index is -0.844. The normalized spacial score (nSPS) is 14.2. The van der Waals surface area contributed by atoms with Crippen LogP contribution in [0.4, 0.5) is 0 Å². The SMILES string of the molecule is CC(C#N)(CCC(=O)O)SCCCSS. The van der Waals surface area contributed by atoms with Crippen LogP contribution in [0.3, 0.4) is 0 Å². The number of carboxylic acids is 1. The summed E-state index contributed by atoms with van der Waals surface area (Å²) in [5.41, 5.74) is 0. The molecule has 6 heteroatoms. The maximum absolute atomic E-state index is 10.4. The molecular formula is C9H15NO2S3. The molecule has 0 bridgehead atoms. The number of thioether (sulfide) groups is 1. The molecule has 3 nitrogen and oxygen atoms in total. The number of carbonyl (C=O) groups is 1. The molecule has 0 amide bonds. The fourth-order valence-corrected chi connectivity index (χ4v) is 2.82. The zero-order valence-corrected chi connectivity index (χ0v) is 11.1. The van der Waals surface area contributed by atoms with Crippen molar-refractivity contribution in [3.05, 3.63) is 0 Å². The van der Waals surface area contributed by atoms with Crippen LogP contribution < -0.4 is 0 Å². The summed E-state index contributed by atoms with van der Waals surface area (Å²) >= 11 is 5.56. The van der Waals surface area contributed by atoms with E-state index < -0.39 is 10.7 Å². The van der Waals surface area contributed by atoms with E-state index in [1.54, 1.807) is 6.92 Å². The van der Waals surface area contributed by atoms with Crippen LogP contribution in [-0.4, -0.2) is 27.3 Å². The van der Waals surface area contributed by atoms with Gasteiger partial charge in [-0.2, -0.15) is 5.26 Å². The van der Waals surface area contributed by atoms with Crippen LogP contribution in [0.25, 0.3) is 0 Å². The zero-order valence-electron chi connectivity index (χ0n) is 8.60. The summed E-state index contributed by atoms with van der Waals surface area (Å²) in [6, 6.07) is 2.18. The molecule has 86 valence electrons. The van der Waals surface area contributed by atoms with Crippen molar-refractivity contribution in [3.63, 3.8) is 0 Å². The summed E-state index contributed by atoms with van der Waals surface area (Å²) in [4.78, 5) is 10.4. The van der Waals surface area contributed by atoms with Crippen molar-refractivity contribution >= 4 is 40.2 Å². The molecule has 0 spiro atoms. The van der Waals surface area contributed by atoms with Crippen LogP contribution in [0.5, 0.6) is 0 Å². The number of hydrogen-bond donors (Lipinski definition) is 2. The Morgan fingerprint density at radius 1 is 1.60 bits per heavy atom. The number of aliphatic carboxylic acids is 1. The highest BCUT2D eigenvalue weighted by molar-refractivity contribution is 8.68. The van der Waals surface area contributed by atoms with Crippen LogP contribution in [0.1, 0.15) is 26.2 Å². The molecule has 0 radical (unpaired) electrons. The van der Waals surface area contributed by atoms with E-state index in [0.29, 0.717) is 6.42 Å². The molecule has 0 rings (SSSR count). The average molecular weight is 265 g/mol. The Morgan fingerprint density at radius 2 is 2.27 bits per heavy atom. The average Bonchev–Trinajstić information content (AvgIpc) is 2.22. The zero-order chi connectivity index (χ0) is 11.7. The molecule has 1 unspecified atom stereocenters. The Morgan fingerprint density at radius 3 is 2.73 bits per heavy atom. The Bertz CT molecular complexity index is 242. The minimum absolute atomic E-state index is 0.0539. The number of nitriles is 1. The largest absolute Gasteiger partial charge is 0.481 e. The molecule has 0 fully saturated rings. The van der Waals surface area contributed by atoms with E-state index in [2.05, 4.69) is 17.7 Å². The Hall–Kier alpha value is 0.01000. The first-order chi connectivity index (χ1) is 7.04. The third kappa shape index (κ3) is 7.88. The second-order valence-corrected chi connectivity index (χ2v) is 6.31. The molecule has 0 aromatic rings. The molecule has 0 saturated carbocycles. The summed E-state index contributed by atoms with van der Waals surface area (Å²) in [6.07, 6.45) is 1.44. The van der Waals surface area contributed by atoms with E-state index in [4.69, 9.17) is 10.4 Å². The Kier molecular flexibility index (Phi) is 8.20. The van der Waals surface area contributed by atoms with Gasteiger partial charge in [-0.1, -0.05) is 10.8 Å². The van der Waals surface area contributed by atoms with E-state index in [0.717, 1.165) is 17.9 Å². The van der Waals surface area contributed by atoms with Gasteiger partial charge >= 0.3 is 5.97 Å². The number of carboxylic acid groups (broad SMARTS) is 1. The van der Waals surface area contributed by atoms with Gasteiger partial charge in [0.15, 0.2) is 0 Å². The summed E-state index contributed by atoms with van der Waals surface area (Å²) in [5.74, 6) is 0.983. The molecule has 0 aliphatic heterocycles. The smallest absolute Gasteiger partial charge is 0.303 e. The third-order valence-electron chi connectivity index (χ3n) is 1.85. The highest BCUT2D eigenvalue weighted by atomic mass is 33.1. The highest BCUT2D eigenvalue weighted by Gasteiger charge is 2.24. The monoisotopic (exact) mass is 265 g/mol. The predicted molar refractivity (Wildman–Crippen MR) is 69.4 cm³/mol. The van der Waals surface area contributed by atoms with Gasteiger partial charge < -0.3 is 5.11 Å². The second kappa shape index (κ2) is 8.20. The van der Waals surface area contributed by atoms with Gasteiger partial charge in [-0.05, 0) is 25.5 Å². The van der Waals surface area contributed by atoms with Crippen molar-refractivity contribution in [3.8, 4) is 6.07 Å². The summed E-state index contributed by atoms with van der Waals surface area (Å²) in [7, 11) is 1.48. The van der Waals surface area contributed by atoms with Gasteiger partial charge in [-0.3, -0.25) is 4.79 Å². The quantitative estimate of drug-likeness (QED) is 0.401. The molecule has 0 aliphatic rings. The third-order valence-corrected chi connectivity index (χ3v) is 4.30. The molecule has 0 aromatic carbocycles. The predicted octanol–water partition coefficient (Wildman–Crippen LogP) is 2.83. The van der Waals surface area contributed by atoms with E-state index in [9.17, 15) is 4.79 Å². The lowest BCUT2D eigenvalue weighted by molar-refractivity contribution is -0.137. The molecule has 1 N–H and O–H groups in total. The first-order valence-electron chi connectivity index (χ1n) is 4.57. The standard InChI is InChI=1S/C9H15NO2S3/c1-9(7-10,4-3-8(11)12)14-5-2-6-15-13/h13H,2-6H2,1H3,(H,11,12). The minimum Gasteiger partial charge on any atom is -0.481 e. The first-order valence-corrected chi connectivity index (χ1v) is 7.60. The lowest BCUT2D eigenvalue weighted by Crippen LogP contribution is -2.19. The first kappa shape index (κ1) is 15.0. The molecule has 15 heavy (non-hydrogen) atoms. The topological polar surface area (TPSA) is 61.1 Å². The molecule has 1 atom stereocenters. The lowest BCUT2D eigenvalue weighted by Gasteiger charge is -2.19. The van der Waals surface area contributed by atoms with Gasteiger partial charge in [0.1, 0.15) is 4.75 Å². The fourth-order valence-electron chi connectivity index (χ4n) is 0.927.